The lowest BCUT2D eigenvalue weighted by Crippen LogP contribution is -2.36. The van der Waals surface area contributed by atoms with Crippen molar-refractivity contribution in [2.24, 2.45) is 11.3 Å². The van der Waals surface area contributed by atoms with Crippen LogP contribution in [0.5, 0.6) is 0 Å². The van der Waals surface area contributed by atoms with Crippen molar-refractivity contribution in [3.05, 3.63) is 35.6 Å². The van der Waals surface area contributed by atoms with Gasteiger partial charge in [0.25, 0.3) is 0 Å². The molecule has 0 aromatic rings. The Labute approximate surface area is 124 Å². The zero-order chi connectivity index (χ0) is 14.9. The predicted molar refractivity (Wildman–Crippen MR) is 87.6 cm³/mol. The van der Waals surface area contributed by atoms with Gasteiger partial charge in [-0.05, 0) is 38.3 Å². The minimum Gasteiger partial charge on any atom is -0.381 e. The molecule has 0 saturated heterocycles. The first kappa shape index (κ1) is 15.4. The van der Waals surface area contributed by atoms with Crippen molar-refractivity contribution in [1.29, 1.82) is 0 Å². The molecule has 112 valence electrons. The number of hydrogen-bond donors (Lipinski definition) is 1. The summed E-state index contributed by atoms with van der Waals surface area (Å²) in [6, 6.07) is 1.06. The number of nitrogens with zero attached hydrogens (tertiary/aromatic N) is 1. The molecule has 0 bridgehead atoms. The van der Waals surface area contributed by atoms with E-state index in [0.717, 1.165) is 13.0 Å². The average Bonchev–Trinajstić information content (AvgIpc) is 2.64. The van der Waals surface area contributed by atoms with Crippen LogP contribution < -0.4 is 5.32 Å². The summed E-state index contributed by atoms with van der Waals surface area (Å²) in [7, 11) is 2.25. The van der Waals surface area contributed by atoms with Gasteiger partial charge in [0, 0.05) is 24.2 Å². The van der Waals surface area contributed by atoms with Gasteiger partial charge in [-0.1, -0.05) is 45.1 Å². The first-order chi connectivity index (χ1) is 9.28. The number of nitrogens with one attached hydrogen (secondary N) is 1. The van der Waals surface area contributed by atoms with Crippen LogP contribution in [0.3, 0.4) is 0 Å². The van der Waals surface area contributed by atoms with Crippen molar-refractivity contribution < 1.29 is 0 Å². The van der Waals surface area contributed by atoms with Crippen LogP contribution in [0.2, 0.25) is 0 Å². The smallest absolute Gasteiger partial charge is 0.0545 e. The second-order valence-electron chi connectivity index (χ2n) is 7.64. The van der Waals surface area contributed by atoms with Crippen molar-refractivity contribution in [3.63, 3.8) is 0 Å². The van der Waals surface area contributed by atoms with E-state index >= 15 is 0 Å². The highest BCUT2D eigenvalue weighted by Gasteiger charge is 2.31. The summed E-state index contributed by atoms with van der Waals surface area (Å²) in [5.41, 5.74) is 3.33. The van der Waals surface area contributed by atoms with Crippen LogP contribution in [0.4, 0.5) is 0 Å². The van der Waals surface area contributed by atoms with Crippen LogP contribution in [-0.4, -0.2) is 30.6 Å². The molecule has 1 N–H and O–H groups in total. The minimum atomic E-state index is 0.358. The van der Waals surface area contributed by atoms with Gasteiger partial charge >= 0.3 is 0 Å². The molecule has 0 fully saturated rings. The zero-order valence-electron chi connectivity index (χ0n) is 13.9. The second-order valence-corrected chi connectivity index (χ2v) is 7.64. The third-order valence-corrected chi connectivity index (χ3v) is 4.39. The summed E-state index contributed by atoms with van der Waals surface area (Å²) in [6.45, 7) is 12.6. The van der Waals surface area contributed by atoms with Gasteiger partial charge < -0.3 is 10.2 Å². The number of hydrogen-bond acceptors (Lipinski definition) is 2. The largest absolute Gasteiger partial charge is 0.381 e. The van der Waals surface area contributed by atoms with Crippen LogP contribution in [0.1, 0.15) is 41.0 Å². The van der Waals surface area contributed by atoms with Gasteiger partial charge in [-0.2, -0.15) is 0 Å². The maximum Gasteiger partial charge on any atom is 0.0545 e. The minimum absolute atomic E-state index is 0.358. The summed E-state index contributed by atoms with van der Waals surface area (Å²) in [5, 5.41) is 3.62. The summed E-state index contributed by atoms with van der Waals surface area (Å²) in [5.74, 6) is 0.561. The topological polar surface area (TPSA) is 15.3 Å². The van der Waals surface area contributed by atoms with Crippen LogP contribution in [0.25, 0.3) is 0 Å². The van der Waals surface area contributed by atoms with Crippen LogP contribution in [0.15, 0.2) is 35.6 Å². The standard InChI is InChI=1S/C18H30N2/c1-13(20(6)12-18(3,4)5)11-16-14(2)19-17-10-8-7-9-15(16)17/h7-10,13,15,17,19H,11-12H2,1-6H3. The molecule has 0 aromatic carbocycles. The highest BCUT2D eigenvalue weighted by Crippen LogP contribution is 2.33. The van der Waals surface area contributed by atoms with Gasteiger partial charge in [0.15, 0.2) is 0 Å². The Morgan fingerprint density at radius 1 is 1.25 bits per heavy atom. The molecule has 0 aromatic heterocycles. The van der Waals surface area contributed by atoms with Crippen molar-refractivity contribution >= 4 is 0 Å². The quantitative estimate of drug-likeness (QED) is 0.840. The Kier molecular flexibility index (Phi) is 4.43. The van der Waals surface area contributed by atoms with Gasteiger partial charge in [-0.3, -0.25) is 0 Å². The summed E-state index contributed by atoms with van der Waals surface area (Å²) >= 11 is 0. The lowest BCUT2D eigenvalue weighted by molar-refractivity contribution is 0.179. The van der Waals surface area contributed by atoms with Crippen LogP contribution in [-0.2, 0) is 0 Å². The molecule has 2 heteroatoms. The van der Waals surface area contributed by atoms with Gasteiger partial charge in [0.05, 0.1) is 6.04 Å². The molecule has 2 nitrogen and oxygen atoms in total. The molecule has 0 spiro atoms. The molecule has 0 amide bonds. The maximum absolute atomic E-state index is 3.62. The second kappa shape index (κ2) is 5.77. The molecule has 1 heterocycles. The first-order valence-corrected chi connectivity index (χ1v) is 7.79. The van der Waals surface area contributed by atoms with E-state index in [9.17, 15) is 0 Å². The van der Waals surface area contributed by atoms with Crippen LogP contribution >= 0.6 is 0 Å². The Balaban J connectivity index is 2.00. The maximum atomic E-state index is 3.62. The first-order valence-electron chi connectivity index (χ1n) is 7.79. The van der Waals surface area contributed by atoms with Crippen molar-refractivity contribution in [1.82, 2.24) is 10.2 Å². The fraction of sp³-hybridized carbons (Fsp3) is 0.667. The van der Waals surface area contributed by atoms with Crippen LogP contribution in [0, 0.1) is 11.3 Å². The highest BCUT2D eigenvalue weighted by molar-refractivity contribution is 5.35. The molecular weight excluding hydrogens is 244 g/mol. The fourth-order valence-electron chi connectivity index (χ4n) is 3.34. The molecule has 1 aliphatic carbocycles. The lowest BCUT2D eigenvalue weighted by atomic mass is 9.87. The van der Waals surface area contributed by atoms with Gasteiger partial charge in [0.1, 0.15) is 0 Å². The molecule has 3 unspecified atom stereocenters. The summed E-state index contributed by atoms with van der Waals surface area (Å²) in [6.07, 6.45) is 10.1. The monoisotopic (exact) mass is 274 g/mol. The summed E-state index contributed by atoms with van der Waals surface area (Å²) in [4.78, 5) is 2.50. The van der Waals surface area contributed by atoms with E-state index in [2.05, 4.69) is 76.2 Å². The number of fused-ring (bicyclic) bond motifs is 1. The van der Waals surface area contributed by atoms with E-state index in [0.29, 0.717) is 23.4 Å². The molecule has 0 saturated carbocycles. The molecular formula is C18H30N2. The SMILES string of the molecule is CC1=C(CC(C)N(C)CC(C)(C)C)C2C=CC=CC2N1. The van der Waals surface area contributed by atoms with Crippen molar-refractivity contribution in [3.8, 4) is 0 Å². The molecule has 20 heavy (non-hydrogen) atoms. The normalized spacial score (nSPS) is 26.9. The van der Waals surface area contributed by atoms with E-state index in [4.69, 9.17) is 0 Å². The molecule has 3 atom stereocenters. The lowest BCUT2D eigenvalue weighted by Gasteiger charge is -2.32. The van der Waals surface area contributed by atoms with E-state index < -0.39 is 0 Å². The van der Waals surface area contributed by atoms with Gasteiger partial charge in [-0.15, -0.1) is 0 Å². The predicted octanol–water partition coefficient (Wildman–Crippen LogP) is 3.73. The average molecular weight is 274 g/mol. The fourth-order valence-corrected chi connectivity index (χ4v) is 3.34. The van der Waals surface area contributed by atoms with Gasteiger partial charge in [0.2, 0.25) is 0 Å². The van der Waals surface area contributed by atoms with E-state index in [1.807, 2.05) is 0 Å². The summed E-state index contributed by atoms with van der Waals surface area (Å²) < 4.78 is 0. The van der Waals surface area contributed by atoms with E-state index in [1.165, 1.54) is 5.70 Å². The Morgan fingerprint density at radius 2 is 1.90 bits per heavy atom. The van der Waals surface area contributed by atoms with Gasteiger partial charge in [-0.25, -0.2) is 0 Å². The van der Waals surface area contributed by atoms with E-state index in [1.54, 1.807) is 5.57 Å². The molecule has 0 radical (unpaired) electrons. The molecule has 2 aliphatic rings. The highest BCUT2D eigenvalue weighted by atomic mass is 15.1. The Morgan fingerprint density at radius 3 is 2.55 bits per heavy atom. The van der Waals surface area contributed by atoms with E-state index in [-0.39, 0.29) is 0 Å². The third kappa shape index (κ3) is 3.54. The molecule has 1 aliphatic heterocycles. The third-order valence-electron chi connectivity index (χ3n) is 4.39. The van der Waals surface area contributed by atoms with Crippen molar-refractivity contribution in [2.45, 2.75) is 53.1 Å². The molecule has 2 rings (SSSR count). The van der Waals surface area contributed by atoms with Crippen molar-refractivity contribution in [2.75, 3.05) is 13.6 Å². The number of rotatable bonds is 4. The Bertz CT molecular complexity index is 437. The Hall–Kier alpha value is -1.02. The number of allylic oxidation sites excluding steroid dienone is 3. The zero-order valence-corrected chi connectivity index (χ0v) is 13.9.